The van der Waals surface area contributed by atoms with Crippen LogP contribution in [0.15, 0.2) is 12.3 Å². The molecule has 7 unspecified atom stereocenters. The van der Waals surface area contributed by atoms with E-state index in [1.54, 1.807) is 11.9 Å². The highest BCUT2D eigenvalue weighted by Crippen LogP contribution is 2.60. The van der Waals surface area contributed by atoms with Crippen LogP contribution in [0.4, 0.5) is 13.2 Å². The summed E-state index contributed by atoms with van der Waals surface area (Å²) in [5.74, 6) is 1.50. The monoisotopic (exact) mass is 629 g/mol. The average molecular weight is 630 g/mol. The van der Waals surface area contributed by atoms with E-state index in [1.807, 2.05) is 16.9 Å². The molecule has 4 aliphatic heterocycles. The second kappa shape index (κ2) is 13.0. The molecule has 5 fully saturated rings. The summed E-state index contributed by atoms with van der Waals surface area (Å²) in [6.07, 6.45) is 6.01. The molecule has 8 atom stereocenters. The van der Waals surface area contributed by atoms with Gasteiger partial charge < -0.3 is 15.2 Å². The predicted octanol–water partition coefficient (Wildman–Crippen LogP) is 4.33. The van der Waals surface area contributed by atoms with Crippen molar-refractivity contribution in [3.05, 3.63) is 12.3 Å². The summed E-state index contributed by atoms with van der Waals surface area (Å²) in [6.45, 7) is 7.86. The Morgan fingerprint density at radius 3 is 2.77 bits per heavy atom. The van der Waals surface area contributed by atoms with Crippen molar-refractivity contribution in [3.8, 4) is 5.88 Å². The summed E-state index contributed by atoms with van der Waals surface area (Å²) in [5, 5.41) is 26.5. The van der Waals surface area contributed by atoms with Gasteiger partial charge in [0.25, 0.3) is 0 Å². The molecule has 0 amide bonds. The Labute approximate surface area is 257 Å². The van der Waals surface area contributed by atoms with E-state index in [1.165, 1.54) is 12.8 Å². The number of nitrogens with zero attached hydrogens (tertiary/aromatic N) is 3. The average Bonchev–Trinajstić information content (AvgIpc) is 3.52. The maximum atomic E-state index is 13.2. The number of hydrogen-bond acceptors (Lipinski definition) is 9. The summed E-state index contributed by atoms with van der Waals surface area (Å²) in [6, 6.07) is 1.82. The van der Waals surface area contributed by atoms with E-state index < -0.39 is 11.6 Å². The third-order valence-electron chi connectivity index (χ3n) is 10.6. The second-order valence-electron chi connectivity index (χ2n) is 14.2. The lowest BCUT2D eigenvalue weighted by atomic mass is 9.90. The van der Waals surface area contributed by atoms with Gasteiger partial charge in [0.2, 0.25) is 5.88 Å². The zero-order valence-corrected chi connectivity index (χ0v) is 26.4. The lowest BCUT2D eigenvalue weighted by Crippen LogP contribution is -2.60. The molecule has 5 heterocycles. The standard InChI is InChI=1S/C30H50F3N7O2S/c1-28(2)17-20-5-3-14-34-23-8-7-22(41)27(36-23)43-35-18-21-6-9-24(37-26(21)39(28)19-20)40-15-10-25(38-40)42-16-4-11-29(12-13-29)30(31,32)33/h10,15,20-24,26-27,34-37,41H,3-9,11-14,16-19H2,1-2H3/t20-,21?,22?,23?,24?,26?,27?/m0/s1. The van der Waals surface area contributed by atoms with Crippen molar-refractivity contribution in [1.82, 2.24) is 35.4 Å². The number of aliphatic hydroxyl groups is 1. The van der Waals surface area contributed by atoms with E-state index in [2.05, 4.69) is 44.5 Å². The van der Waals surface area contributed by atoms with Crippen molar-refractivity contribution < 1.29 is 23.0 Å². The number of aromatic nitrogens is 2. The molecule has 0 radical (unpaired) electrons. The number of alkyl halides is 3. The molecule has 13 heteroatoms. The number of aliphatic hydroxyl groups excluding tert-OH is 1. The first-order valence-electron chi connectivity index (χ1n) is 16.4. The Morgan fingerprint density at radius 2 is 1.98 bits per heavy atom. The van der Waals surface area contributed by atoms with Crippen molar-refractivity contribution in [3.63, 3.8) is 0 Å². The molecule has 1 aliphatic carbocycles. The summed E-state index contributed by atoms with van der Waals surface area (Å²) in [4.78, 5) is 2.68. The topological polar surface area (TPSA) is 98.6 Å². The van der Waals surface area contributed by atoms with Crippen LogP contribution in [0.5, 0.6) is 5.88 Å². The molecule has 0 aromatic carbocycles. The Balaban J connectivity index is 1.09. The van der Waals surface area contributed by atoms with Gasteiger partial charge in [0, 0.05) is 36.8 Å². The highest BCUT2D eigenvalue weighted by Gasteiger charge is 2.62. The molecule has 1 aromatic rings. The van der Waals surface area contributed by atoms with Crippen molar-refractivity contribution in [2.24, 2.45) is 17.3 Å². The van der Waals surface area contributed by atoms with Gasteiger partial charge in [-0.2, -0.15) is 13.2 Å². The van der Waals surface area contributed by atoms with E-state index in [0.29, 0.717) is 24.1 Å². The molecule has 43 heavy (non-hydrogen) atoms. The van der Waals surface area contributed by atoms with Gasteiger partial charge in [0.1, 0.15) is 6.17 Å². The van der Waals surface area contributed by atoms with Gasteiger partial charge in [-0.25, -0.2) is 0 Å². The van der Waals surface area contributed by atoms with E-state index in [0.717, 1.165) is 51.7 Å². The molecular weight excluding hydrogens is 579 g/mol. The molecule has 4 saturated heterocycles. The van der Waals surface area contributed by atoms with E-state index in [-0.39, 0.29) is 61.4 Å². The summed E-state index contributed by atoms with van der Waals surface area (Å²) in [5.41, 5.74) is -1.41. The third kappa shape index (κ3) is 7.33. The smallest absolute Gasteiger partial charge is 0.394 e. The van der Waals surface area contributed by atoms with Crippen molar-refractivity contribution >= 4 is 11.9 Å². The lowest BCUT2D eigenvalue weighted by molar-refractivity contribution is -0.189. The molecule has 244 valence electrons. The van der Waals surface area contributed by atoms with Gasteiger partial charge in [0.05, 0.1) is 35.8 Å². The molecule has 1 aromatic heterocycles. The summed E-state index contributed by atoms with van der Waals surface area (Å²) >= 11 is 1.61. The first-order chi connectivity index (χ1) is 20.5. The molecular formula is C30H50F3N7O2S. The normalized spacial score (nSPS) is 38.0. The Morgan fingerprint density at radius 1 is 1.14 bits per heavy atom. The van der Waals surface area contributed by atoms with Gasteiger partial charge in [0.15, 0.2) is 0 Å². The summed E-state index contributed by atoms with van der Waals surface area (Å²) < 4.78 is 51.0. The van der Waals surface area contributed by atoms with Gasteiger partial charge in [-0.05, 0) is 96.9 Å². The highest BCUT2D eigenvalue weighted by atomic mass is 32.2. The SMILES string of the molecule is CC1(C)C[C@@H]2CCCNC3CCC(O)C(N3)SNCC3CCC(n4ccc(OCCCC5(C(F)(F)F)CC5)n4)NC3N1C2. The van der Waals surface area contributed by atoms with Crippen LogP contribution in [0.3, 0.4) is 0 Å². The Kier molecular flexibility index (Phi) is 9.61. The Bertz CT molecular complexity index is 1070. The van der Waals surface area contributed by atoms with Crippen LogP contribution in [0.2, 0.25) is 0 Å². The number of ether oxygens (including phenoxy) is 1. The zero-order valence-electron chi connectivity index (χ0n) is 25.5. The van der Waals surface area contributed by atoms with Gasteiger partial charge in [-0.15, -0.1) is 5.10 Å². The van der Waals surface area contributed by atoms with Crippen LogP contribution in [-0.4, -0.2) is 81.6 Å². The van der Waals surface area contributed by atoms with Crippen LogP contribution < -0.4 is 25.4 Å². The maximum absolute atomic E-state index is 13.2. The lowest BCUT2D eigenvalue weighted by Gasteiger charge is -2.47. The number of nitrogens with one attached hydrogen (secondary N) is 4. The molecule has 6 rings (SSSR count). The molecule has 0 spiro atoms. The number of piperidine rings is 2. The van der Waals surface area contributed by atoms with Gasteiger partial charge >= 0.3 is 6.18 Å². The fourth-order valence-corrected chi connectivity index (χ4v) is 8.88. The number of rotatable bonds is 6. The van der Waals surface area contributed by atoms with Crippen molar-refractivity contribution in [2.75, 3.05) is 26.2 Å². The van der Waals surface area contributed by atoms with Gasteiger partial charge in [-0.1, -0.05) is 11.9 Å². The summed E-state index contributed by atoms with van der Waals surface area (Å²) in [7, 11) is 0. The van der Waals surface area contributed by atoms with E-state index >= 15 is 0 Å². The van der Waals surface area contributed by atoms with Crippen molar-refractivity contribution in [2.45, 2.75) is 126 Å². The highest BCUT2D eigenvalue weighted by molar-refractivity contribution is 7.98. The minimum atomic E-state index is -4.11. The number of hydrogen-bond donors (Lipinski definition) is 5. The van der Waals surface area contributed by atoms with Crippen LogP contribution in [0.25, 0.3) is 0 Å². The van der Waals surface area contributed by atoms with Crippen LogP contribution in [-0.2, 0) is 0 Å². The van der Waals surface area contributed by atoms with Crippen LogP contribution in [0, 0.1) is 17.3 Å². The minimum Gasteiger partial charge on any atom is -0.477 e. The second-order valence-corrected chi connectivity index (χ2v) is 15.2. The van der Waals surface area contributed by atoms with Crippen molar-refractivity contribution in [1.29, 1.82) is 0 Å². The molecule has 9 nitrogen and oxygen atoms in total. The van der Waals surface area contributed by atoms with Crippen LogP contribution >= 0.6 is 11.9 Å². The maximum Gasteiger partial charge on any atom is 0.394 e. The minimum absolute atomic E-state index is 0.00920. The van der Waals surface area contributed by atoms with E-state index in [4.69, 9.17) is 4.74 Å². The quantitative estimate of drug-likeness (QED) is 0.233. The molecule has 4 bridgehead atoms. The first kappa shape index (κ1) is 31.9. The Hall–Kier alpha value is -1.09. The largest absolute Gasteiger partial charge is 0.477 e. The number of fused-ring (bicyclic) bond motifs is 6. The predicted molar refractivity (Wildman–Crippen MR) is 161 cm³/mol. The third-order valence-corrected chi connectivity index (χ3v) is 11.6. The molecule has 5 aliphatic rings. The first-order valence-corrected chi connectivity index (χ1v) is 17.2. The van der Waals surface area contributed by atoms with Crippen LogP contribution in [0.1, 0.15) is 90.6 Å². The fraction of sp³-hybridized carbons (Fsp3) is 0.900. The fourth-order valence-electron chi connectivity index (χ4n) is 7.86. The van der Waals surface area contributed by atoms with E-state index in [9.17, 15) is 18.3 Å². The zero-order chi connectivity index (χ0) is 30.2. The van der Waals surface area contributed by atoms with Gasteiger partial charge in [-0.3, -0.25) is 24.9 Å². The molecule has 1 saturated carbocycles. The number of halogens is 3. The molecule has 5 N–H and O–H groups in total.